The molecule has 0 saturated carbocycles. The highest BCUT2D eigenvalue weighted by molar-refractivity contribution is 8.01. The van der Waals surface area contributed by atoms with Crippen LogP contribution in [0.3, 0.4) is 0 Å². The van der Waals surface area contributed by atoms with Crippen LogP contribution in [0.15, 0.2) is 48.5 Å². The summed E-state index contributed by atoms with van der Waals surface area (Å²) in [5.41, 5.74) is 3.77. The molecule has 1 unspecified atom stereocenters. The quantitative estimate of drug-likeness (QED) is 0.834. The highest BCUT2D eigenvalue weighted by atomic mass is 32.2. The average Bonchev–Trinajstić information content (AvgIpc) is 2.57. The van der Waals surface area contributed by atoms with Crippen LogP contribution in [0.5, 0.6) is 0 Å². The van der Waals surface area contributed by atoms with E-state index < -0.39 is 0 Å². The summed E-state index contributed by atoms with van der Waals surface area (Å²) in [6, 6.07) is 15.1. The molecule has 5 heteroatoms. The Morgan fingerprint density at radius 3 is 2.42 bits per heavy atom. The third kappa shape index (κ3) is 5.13. The van der Waals surface area contributed by atoms with Gasteiger partial charge in [-0.1, -0.05) is 30.3 Å². The fourth-order valence-corrected chi connectivity index (χ4v) is 2.80. The Morgan fingerprint density at radius 2 is 1.71 bits per heavy atom. The van der Waals surface area contributed by atoms with Crippen molar-refractivity contribution in [3.63, 3.8) is 0 Å². The molecule has 4 nitrogen and oxygen atoms in total. The zero-order valence-electron chi connectivity index (χ0n) is 14.1. The van der Waals surface area contributed by atoms with E-state index in [4.69, 9.17) is 0 Å². The van der Waals surface area contributed by atoms with Gasteiger partial charge in [-0.05, 0) is 50.1 Å². The predicted molar refractivity (Wildman–Crippen MR) is 102 cm³/mol. The second kappa shape index (κ2) is 8.55. The van der Waals surface area contributed by atoms with Crippen LogP contribution in [0.2, 0.25) is 0 Å². The molecule has 1 atom stereocenters. The van der Waals surface area contributed by atoms with Gasteiger partial charge in [0.2, 0.25) is 11.8 Å². The van der Waals surface area contributed by atoms with Gasteiger partial charge in [0.15, 0.2) is 0 Å². The van der Waals surface area contributed by atoms with Crippen LogP contribution in [0.4, 0.5) is 11.4 Å². The number of rotatable bonds is 6. The van der Waals surface area contributed by atoms with E-state index in [1.165, 1.54) is 11.8 Å². The maximum absolute atomic E-state index is 12.3. The minimum atomic E-state index is -0.313. The Morgan fingerprint density at radius 1 is 1.00 bits per heavy atom. The van der Waals surface area contributed by atoms with Crippen molar-refractivity contribution < 1.29 is 9.59 Å². The van der Waals surface area contributed by atoms with Crippen molar-refractivity contribution >= 4 is 35.0 Å². The molecule has 24 heavy (non-hydrogen) atoms. The highest BCUT2D eigenvalue weighted by Gasteiger charge is 2.16. The summed E-state index contributed by atoms with van der Waals surface area (Å²) < 4.78 is 0. The lowest BCUT2D eigenvalue weighted by atomic mass is 10.1. The van der Waals surface area contributed by atoms with Gasteiger partial charge in [-0.3, -0.25) is 9.59 Å². The Hall–Kier alpha value is -2.27. The molecule has 0 bridgehead atoms. The van der Waals surface area contributed by atoms with Crippen molar-refractivity contribution in [1.82, 2.24) is 0 Å². The molecule has 2 amide bonds. The minimum absolute atomic E-state index is 0.0961. The number of aryl methyl sites for hydroxylation is 1. The lowest BCUT2D eigenvalue weighted by molar-refractivity contribution is -0.115. The van der Waals surface area contributed by atoms with Crippen LogP contribution in [-0.2, 0) is 9.59 Å². The van der Waals surface area contributed by atoms with Crippen molar-refractivity contribution in [3.05, 3.63) is 59.7 Å². The molecular weight excluding hydrogens is 320 g/mol. The number of anilines is 2. The van der Waals surface area contributed by atoms with Gasteiger partial charge in [0, 0.05) is 11.4 Å². The molecule has 0 spiro atoms. The third-order valence-electron chi connectivity index (χ3n) is 3.75. The van der Waals surface area contributed by atoms with Crippen molar-refractivity contribution in [2.75, 3.05) is 16.4 Å². The zero-order chi connectivity index (χ0) is 17.5. The zero-order valence-corrected chi connectivity index (χ0v) is 14.9. The molecule has 0 aliphatic heterocycles. The maximum atomic E-state index is 12.3. The number of hydrogen-bond acceptors (Lipinski definition) is 3. The van der Waals surface area contributed by atoms with Gasteiger partial charge in [-0.15, -0.1) is 11.8 Å². The number of para-hydroxylation sites is 1. The van der Waals surface area contributed by atoms with Gasteiger partial charge in [0.1, 0.15) is 0 Å². The molecule has 0 radical (unpaired) electrons. The van der Waals surface area contributed by atoms with Crippen LogP contribution in [0.25, 0.3) is 0 Å². The molecule has 2 rings (SSSR count). The van der Waals surface area contributed by atoms with Gasteiger partial charge in [-0.2, -0.15) is 0 Å². The molecule has 0 saturated heterocycles. The average molecular weight is 342 g/mol. The smallest absolute Gasteiger partial charge is 0.237 e. The molecule has 0 fully saturated rings. The van der Waals surface area contributed by atoms with Crippen LogP contribution < -0.4 is 10.6 Å². The van der Waals surface area contributed by atoms with Gasteiger partial charge in [0.05, 0.1) is 11.0 Å². The molecule has 0 heterocycles. The number of thioether (sulfide) groups is 1. The minimum Gasteiger partial charge on any atom is -0.325 e. The summed E-state index contributed by atoms with van der Waals surface area (Å²) in [5, 5.41) is 5.43. The number of hydrogen-bond donors (Lipinski definition) is 2. The standard InChI is InChI=1S/C19H22N2O2S/c1-13-8-7-11-17(14(13)2)21-19(23)15(3)24-12-18(22)20-16-9-5-4-6-10-16/h4-11,15H,12H2,1-3H3,(H,20,22)(H,21,23). The van der Waals surface area contributed by atoms with Crippen molar-refractivity contribution in [1.29, 1.82) is 0 Å². The number of carbonyl (C=O) groups is 2. The van der Waals surface area contributed by atoms with Gasteiger partial charge in [-0.25, -0.2) is 0 Å². The van der Waals surface area contributed by atoms with Crippen LogP contribution in [0, 0.1) is 13.8 Å². The topological polar surface area (TPSA) is 58.2 Å². The van der Waals surface area contributed by atoms with E-state index in [-0.39, 0.29) is 22.8 Å². The summed E-state index contributed by atoms with van der Waals surface area (Å²) in [6.07, 6.45) is 0. The van der Waals surface area contributed by atoms with Gasteiger partial charge < -0.3 is 10.6 Å². The van der Waals surface area contributed by atoms with E-state index in [1.54, 1.807) is 6.92 Å². The van der Waals surface area contributed by atoms with Gasteiger partial charge in [0.25, 0.3) is 0 Å². The second-order valence-electron chi connectivity index (χ2n) is 5.60. The number of amides is 2. The summed E-state index contributed by atoms with van der Waals surface area (Å²) >= 11 is 1.32. The molecule has 0 aliphatic rings. The van der Waals surface area contributed by atoms with Crippen LogP contribution in [0.1, 0.15) is 18.1 Å². The number of carbonyl (C=O) groups excluding carboxylic acids is 2. The Kier molecular flexibility index (Phi) is 6.44. The molecule has 0 aliphatic carbocycles. The van der Waals surface area contributed by atoms with E-state index in [2.05, 4.69) is 10.6 Å². The number of benzene rings is 2. The third-order valence-corrected chi connectivity index (χ3v) is 4.90. The molecule has 2 aromatic carbocycles. The van der Waals surface area contributed by atoms with E-state index in [9.17, 15) is 9.59 Å². The lowest BCUT2D eigenvalue weighted by Crippen LogP contribution is -2.25. The first-order valence-electron chi connectivity index (χ1n) is 7.81. The Labute approximate surface area is 147 Å². The molecular formula is C19H22N2O2S. The summed E-state index contributed by atoms with van der Waals surface area (Å²) in [5.74, 6) is 0.0230. The largest absolute Gasteiger partial charge is 0.325 e. The first-order valence-corrected chi connectivity index (χ1v) is 8.86. The molecule has 126 valence electrons. The number of nitrogens with one attached hydrogen (secondary N) is 2. The van der Waals surface area contributed by atoms with E-state index >= 15 is 0 Å². The maximum Gasteiger partial charge on any atom is 0.237 e. The first kappa shape index (κ1) is 18.1. The summed E-state index contributed by atoms with van der Waals surface area (Å²) in [4.78, 5) is 24.2. The molecule has 0 aromatic heterocycles. The summed E-state index contributed by atoms with van der Waals surface area (Å²) in [7, 11) is 0. The van der Waals surface area contributed by atoms with E-state index in [1.807, 2.05) is 62.4 Å². The monoisotopic (exact) mass is 342 g/mol. The van der Waals surface area contributed by atoms with Crippen LogP contribution >= 0.6 is 11.8 Å². The van der Waals surface area contributed by atoms with Crippen LogP contribution in [-0.4, -0.2) is 22.8 Å². The first-order chi connectivity index (χ1) is 11.5. The normalized spacial score (nSPS) is 11.6. The predicted octanol–water partition coefficient (Wildman–Crippen LogP) is 4.00. The molecule has 2 aromatic rings. The fraction of sp³-hybridized carbons (Fsp3) is 0.263. The van der Waals surface area contributed by atoms with Crippen molar-refractivity contribution in [3.8, 4) is 0 Å². The SMILES string of the molecule is Cc1cccc(NC(=O)C(C)SCC(=O)Nc2ccccc2)c1C. The van der Waals surface area contributed by atoms with E-state index in [0.717, 1.165) is 22.5 Å². The van der Waals surface area contributed by atoms with Gasteiger partial charge >= 0.3 is 0 Å². The van der Waals surface area contributed by atoms with Crippen molar-refractivity contribution in [2.24, 2.45) is 0 Å². The lowest BCUT2D eigenvalue weighted by Gasteiger charge is -2.14. The van der Waals surface area contributed by atoms with E-state index in [0.29, 0.717) is 0 Å². The van der Waals surface area contributed by atoms with Crippen molar-refractivity contribution in [2.45, 2.75) is 26.0 Å². The summed E-state index contributed by atoms with van der Waals surface area (Å²) in [6.45, 7) is 5.80. The molecule has 2 N–H and O–H groups in total. The second-order valence-corrected chi connectivity index (χ2v) is 6.93. The Balaban J connectivity index is 1.83. The highest BCUT2D eigenvalue weighted by Crippen LogP contribution is 2.20. The Bertz CT molecular complexity index is 717. The fourth-order valence-electron chi connectivity index (χ4n) is 2.12.